The molecule has 1 N–H and O–H groups in total. The van der Waals surface area contributed by atoms with Gasteiger partial charge < -0.3 is 4.42 Å². The van der Waals surface area contributed by atoms with Crippen LogP contribution in [0.3, 0.4) is 0 Å². The molecule has 2 aromatic heterocycles. The van der Waals surface area contributed by atoms with Crippen LogP contribution in [0.5, 0.6) is 0 Å². The molecule has 2 heterocycles. The van der Waals surface area contributed by atoms with E-state index >= 15 is 0 Å². The molecule has 7 heteroatoms. The lowest BCUT2D eigenvalue weighted by molar-refractivity contribution is 0.102. The van der Waals surface area contributed by atoms with Gasteiger partial charge in [-0.25, -0.2) is 0 Å². The maximum Gasteiger partial charge on any atom is 0.322 e. The minimum atomic E-state index is -0.346. The summed E-state index contributed by atoms with van der Waals surface area (Å²) in [4.78, 5) is 16.9. The second-order valence-corrected chi connectivity index (χ2v) is 6.17. The fourth-order valence-corrected chi connectivity index (χ4v) is 2.64. The molecule has 0 bridgehead atoms. The van der Waals surface area contributed by atoms with Gasteiger partial charge in [0.2, 0.25) is 5.89 Å². The van der Waals surface area contributed by atoms with Crippen LogP contribution in [0.2, 0.25) is 5.02 Å². The number of pyridine rings is 1. The zero-order valence-corrected chi connectivity index (χ0v) is 14.5. The van der Waals surface area contributed by atoms with E-state index < -0.39 is 0 Å². The Kier molecular flexibility index (Phi) is 4.10. The van der Waals surface area contributed by atoms with Crippen LogP contribution in [0, 0.1) is 6.92 Å². The second kappa shape index (κ2) is 6.57. The summed E-state index contributed by atoms with van der Waals surface area (Å²) in [6.45, 7) is 1.91. The van der Waals surface area contributed by atoms with Crippen molar-refractivity contribution in [1.29, 1.82) is 0 Å². The van der Waals surface area contributed by atoms with E-state index in [0.29, 0.717) is 22.0 Å². The third-order valence-corrected chi connectivity index (χ3v) is 4.08. The lowest BCUT2D eigenvalue weighted by Crippen LogP contribution is -2.12. The van der Waals surface area contributed by atoms with Crippen molar-refractivity contribution in [3.8, 4) is 11.5 Å². The Labute approximate surface area is 153 Å². The highest BCUT2D eigenvalue weighted by Gasteiger charge is 2.13. The summed E-state index contributed by atoms with van der Waals surface area (Å²) in [6, 6.07) is 16.2. The first-order chi connectivity index (χ1) is 12.6. The fourth-order valence-electron chi connectivity index (χ4n) is 2.51. The summed E-state index contributed by atoms with van der Waals surface area (Å²) in [5, 5.41) is 12.0. The normalized spacial score (nSPS) is 10.8. The molecule has 4 aromatic rings. The molecule has 1 amide bonds. The number of rotatable bonds is 3. The lowest BCUT2D eigenvalue weighted by Gasteiger charge is -2.03. The van der Waals surface area contributed by atoms with E-state index in [1.807, 2.05) is 25.1 Å². The summed E-state index contributed by atoms with van der Waals surface area (Å²) in [5.74, 6) is -0.0470. The molecule has 2 aromatic carbocycles. The van der Waals surface area contributed by atoms with E-state index in [1.54, 1.807) is 36.4 Å². The largest absolute Gasteiger partial charge is 0.403 e. The minimum absolute atomic E-state index is 0.0252. The lowest BCUT2D eigenvalue weighted by atomic mass is 10.1. The number of aryl methyl sites for hydroxylation is 1. The maximum absolute atomic E-state index is 12.4. The predicted octanol–water partition coefficient (Wildman–Crippen LogP) is 4.50. The monoisotopic (exact) mass is 364 g/mol. The highest BCUT2D eigenvalue weighted by Crippen LogP contribution is 2.22. The fraction of sp³-hybridized carbons (Fsp3) is 0.0526. The summed E-state index contributed by atoms with van der Waals surface area (Å²) in [5.41, 5.74) is 2.82. The average molecular weight is 365 g/mol. The molecule has 0 aliphatic heterocycles. The minimum Gasteiger partial charge on any atom is -0.403 e. The standard InChI is InChI=1S/C19H13ClN4O2/c1-11-2-3-12-4-5-14(10-16(12)21-11)17(25)22-19-24-23-18(26-19)13-6-8-15(20)9-7-13/h2-10H,1H3,(H,22,24,25). The summed E-state index contributed by atoms with van der Waals surface area (Å²) in [6.07, 6.45) is 0. The van der Waals surface area contributed by atoms with Crippen LogP contribution in [0.25, 0.3) is 22.4 Å². The third kappa shape index (κ3) is 3.27. The molecular formula is C19H13ClN4O2. The molecular weight excluding hydrogens is 352 g/mol. The van der Waals surface area contributed by atoms with Crippen molar-refractivity contribution in [2.75, 3.05) is 5.32 Å². The van der Waals surface area contributed by atoms with Crippen LogP contribution < -0.4 is 5.32 Å². The van der Waals surface area contributed by atoms with Crippen molar-refractivity contribution < 1.29 is 9.21 Å². The topological polar surface area (TPSA) is 80.9 Å². The Morgan fingerprint density at radius 1 is 1.04 bits per heavy atom. The van der Waals surface area contributed by atoms with Crippen LogP contribution in [-0.4, -0.2) is 21.1 Å². The number of fused-ring (bicyclic) bond motifs is 1. The molecule has 0 atom stereocenters. The van der Waals surface area contributed by atoms with Gasteiger partial charge in [-0.15, -0.1) is 5.10 Å². The first-order valence-electron chi connectivity index (χ1n) is 7.87. The third-order valence-electron chi connectivity index (χ3n) is 3.83. The number of benzene rings is 2. The van der Waals surface area contributed by atoms with Gasteiger partial charge >= 0.3 is 6.01 Å². The van der Waals surface area contributed by atoms with Crippen LogP contribution in [0.1, 0.15) is 16.1 Å². The van der Waals surface area contributed by atoms with Gasteiger partial charge in [-0.2, -0.15) is 0 Å². The number of nitrogens with zero attached hydrogens (tertiary/aromatic N) is 3. The van der Waals surface area contributed by atoms with Gasteiger partial charge in [0, 0.05) is 27.2 Å². The molecule has 0 aliphatic carbocycles. The van der Waals surface area contributed by atoms with E-state index in [1.165, 1.54) is 0 Å². The molecule has 128 valence electrons. The van der Waals surface area contributed by atoms with Gasteiger partial charge in [0.1, 0.15) is 0 Å². The molecule has 0 radical (unpaired) electrons. The maximum atomic E-state index is 12.4. The number of anilines is 1. The Balaban J connectivity index is 1.56. The van der Waals surface area contributed by atoms with Crippen molar-refractivity contribution in [3.63, 3.8) is 0 Å². The molecule has 26 heavy (non-hydrogen) atoms. The number of hydrogen-bond acceptors (Lipinski definition) is 5. The second-order valence-electron chi connectivity index (χ2n) is 5.73. The Morgan fingerprint density at radius 3 is 2.62 bits per heavy atom. The van der Waals surface area contributed by atoms with Gasteiger partial charge in [-0.3, -0.25) is 15.1 Å². The van der Waals surface area contributed by atoms with Crippen molar-refractivity contribution in [2.24, 2.45) is 0 Å². The van der Waals surface area contributed by atoms with E-state index in [4.69, 9.17) is 16.0 Å². The average Bonchev–Trinajstić information content (AvgIpc) is 3.10. The zero-order valence-electron chi connectivity index (χ0n) is 13.7. The van der Waals surface area contributed by atoms with E-state index in [2.05, 4.69) is 20.5 Å². The van der Waals surface area contributed by atoms with Gasteiger partial charge in [-0.1, -0.05) is 28.8 Å². The molecule has 0 fully saturated rings. The van der Waals surface area contributed by atoms with E-state index in [-0.39, 0.29) is 11.9 Å². The van der Waals surface area contributed by atoms with E-state index in [9.17, 15) is 4.79 Å². The van der Waals surface area contributed by atoms with Gasteiger partial charge in [-0.05, 0) is 49.4 Å². The first-order valence-corrected chi connectivity index (χ1v) is 8.24. The van der Waals surface area contributed by atoms with Crippen LogP contribution in [-0.2, 0) is 0 Å². The van der Waals surface area contributed by atoms with Gasteiger partial charge in [0.25, 0.3) is 5.91 Å². The molecule has 4 rings (SSSR count). The molecule has 6 nitrogen and oxygen atoms in total. The predicted molar refractivity (Wildman–Crippen MR) is 99.2 cm³/mol. The summed E-state index contributed by atoms with van der Waals surface area (Å²) >= 11 is 5.86. The number of aromatic nitrogens is 3. The molecule has 0 saturated heterocycles. The van der Waals surface area contributed by atoms with Gasteiger partial charge in [0.15, 0.2) is 0 Å². The highest BCUT2D eigenvalue weighted by atomic mass is 35.5. The number of hydrogen-bond donors (Lipinski definition) is 1. The van der Waals surface area contributed by atoms with E-state index in [0.717, 1.165) is 16.6 Å². The Hall–Kier alpha value is -3.25. The SMILES string of the molecule is Cc1ccc2ccc(C(=O)Nc3nnc(-c4ccc(Cl)cc4)o3)cc2n1. The first kappa shape index (κ1) is 16.2. The van der Waals surface area contributed by atoms with Crippen molar-refractivity contribution in [1.82, 2.24) is 15.2 Å². The number of halogens is 1. The summed E-state index contributed by atoms with van der Waals surface area (Å²) < 4.78 is 5.50. The van der Waals surface area contributed by atoms with Gasteiger partial charge in [0.05, 0.1) is 5.52 Å². The molecule has 0 aliphatic rings. The number of carbonyl (C=O) groups is 1. The Morgan fingerprint density at radius 2 is 1.81 bits per heavy atom. The van der Waals surface area contributed by atoms with Crippen LogP contribution in [0.15, 0.2) is 59.0 Å². The number of carbonyl (C=O) groups excluding carboxylic acids is 1. The molecule has 0 spiro atoms. The zero-order chi connectivity index (χ0) is 18.1. The quantitative estimate of drug-likeness (QED) is 0.579. The molecule has 0 unspecified atom stereocenters. The number of amides is 1. The van der Waals surface area contributed by atoms with Crippen molar-refractivity contribution in [2.45, 2.75) is 6.92 Å². The smallest absolute Gasteiger partial charge is 0.322 e. The Bertz CT molecular complexity index is 1110. The highest BCUT2D eigenvalue weighted by molar-refractivity contribution is 6.30. The summed E-state index contributed by atoms with van der Waals surface area (Å²) in [7, 11) is 0. The van der Waals surface area contributed by atoms with Crippen LogP contribution >= 0.6 is 11.6 Å². The van der Waals surface area contributed by atoms with Crippen molar-refractivity contribution >= 4 is 34.4 Å². The number of nitrogens with one attached hydrogen (secondary N) is 1. The molecule has 0 saturated carbocycles. The van der Waals surface area contributed by atoms with Crippen LogP contribution in [0.4, 0.5) is 6.01 Å². The van der Waals surface area contributed by atoms with Crippen molar-refractivity contribution in [3.05, 3.63) is 70.9 Å².